The number of rotatable bonds is 4. The van der Waals surface area contributed by atoms with E-state index in [1.54, 1.807) is 0 Å². The summed E-state index contributed by atoms with van der Waals surface area (Å²) in [7, 11) is 0. The van der Waals surface area contributed by atoms with Crippen molar-refractivity contribution in [2.75, 3.05) is 0 Å². The van der Waals surface area contributed by atoms with Crippen LogP contribution in [0, 0.1) is 12.3 Å². The van der Waals surface area contributed by atoms with Crippen LogP contribution in [0.3, 0.4) is 0 Å². The van der Waals surface area contributed by atoms with Crippen LogP contribution in [-0.4, -0.2) is 11.9 Å². The fourth-order valence-corrected chi connectivity index (χ4v) is 2.23. The van der Waals surface area contributed by atoms with Gasteiger partial charge in [0.15, 0.2) is 5.96 Å². The van der Waals surface area contributed by atoms with Gasteiger partial charge in [0.25, 0.3) is 0 Å². The number of guanidine groups is 1. The third-order valence-corrected chi connectivity index (χ3v) is 3.34. The molecular weight excluding hydrogens is 262 g/mol. The Balaban J connectivity index is 2.27. The quantitative estimate of drug-likeness (QED) is 0.594. The predicted octanol–water partition coefficient (Wildman–Crippen LogP) is 2.33. The van der Waals surface area contributed by atoms with Crippen LogP contribution in [0.2, 0.25) is 0 Å². The minimum absolute atomic E-state index is 0.254. The summed E-state index contributed by atoms with van der Waals surface area (Å²) in [6.45, 7) is 2.01. The van der Waals surface area contributed by atoms with Crippen molar-refractivity contribution in [2.45, 2.75) is 19.3 Å². The summed E-state index contributed by atoms with van der Waals surface area (Å²) in [5.74, 6) is -0.947. The van der Waals surface area contributed by atoms with Crippen LogP contribution in [-0.2, 0) is 11.2 Å². The molecule has 0 fully saturated rings. The Morgan fingerprint density at radius 1 is 1.14 bits per heavy atom. The highest BCUT2D eigenvalue weighted by atomic mass is 16.2. The molecule has 1 atom stereocenters. The van der Waals surface area contributed by atoms with Crippen molar-refractivity contribution in [1.29, 1.82) is 5.41 Å². The van der Waals surface area contributed by atoms with Gasteiger partial charge in [-0.25, -0.2) is 0 Å². The zero-order valence-electron chi connectivity index (χ0n) is 12.0. The summed E-state index contributed by atoms with van der Waals surface area (Å²) in [4.78, 5) is 12.3. The smallest absolute Gasteiger partial charge is 0.234 e. The van der Waals surface area contributed by atoms with Gasteiger partial charge in [0.1, 0.15) is 0 Å². The molecule has 0 saturated carbocycles. The number of hydrogen-bond donors (Lipinski definition) is 3. The number of hydrogen-bond acceptors (Lipinski definition) is 2. The number of carbonyl (C=O) groups excluding carboxylic acids is 1. The van der Waals surface area contributed by atoms with Crippen molar-refractivity contribution in [3.8, 4) is 0 Å². The summed E-state index contributed by atoms with van der Waals surface area (Å²) in [6, 6.07) is 17.7. The molecular formula is C17H19N3O. The SMILES string of the molecule is Cc1ccc(C(Cc2ccccc2)C(=O)NC(=N)N)cc1. The van der Waals surface area contributed by atoms with Crippen molar-refractivity contribution in [3.63, 3.8) is 0 Å². The molecule has 0 bridgehead atoms. The minimum atomic E-state index is -0.364. The van der Waals surface area contributed by atoms with E-state index < -0.39 is 0 Å². The van der Waals surface area contributed by atoms with Gasteiger partial charge < -0.3 is 5.73 Å². The maximum Gasteiger partial charge on any atom is 0.234 e. The lowest BCUT2D eigenvalue weighted by Gasteiger charge is -2.17. The molecule has 2 aromatic carbocycles. The lowest BCUT2D eigenvalue weighted by Crippen LogP contribution is -2.39. The number of nitrogens with two attached hydrogens (primary N) is 1. The second kappa shape index (κ2) is 6.70. The Hall–Kier alpha value is -2.62. The first kappa shape index (κ1) is 14.8. The molecule has 2 rings (SSSR count). The first-order chi connectivity index (χ1) is 10.1. The summed E-state index contributed by atoms with van der Waals surface area (Å²) in [5.41, 5.74) is 8.41. The number of aryl methyl sites for hydroxylation is 1. The first-order valence-electron chi connectivity index (χ1n) is 6.81. The van der Waals surface area contributed by atoms with Crippen LogP contribution in [0.25, 0.3) is 0 Å². The molecule has 4 heteroatoms. The molecule has 0 aliphatic heterocycles. The summed E-state index contributed by atoms with van der Waals surface area (Å²) in [6.07, 6.45) is 0.572. The van der Waals surface area contributed by atoms with Gasteiger partial charge in [-0.1, -0.05) is 60.2 Å². The number of carbonyl (C=O) groups is 1. The second-order valence-electron chi connectivity index (χ2n) is 5.06. The molecule has 108 valence electrons. The largest absolute Gasteiger partial charge is 0.370 e. The van der Waals surface area contributed by atoms with E-state index >= 15 is 0 Å². The summed E-state index contributed by atoms with van der Waals surface area (Å²) in [5, 5.41) is 9.64. The fraction of sp³-hybridized carbons (Fsp3) is 0.176. The van der Waals surface area contributed by atoms with E-state index in [9.17, 15) is 4.79 Å². The van der Waals surface area contributed by atoms with E-state index in [0.29, 0.717) is 6.42 Å². The van der Waals surface area contributed by atoms with Crippen LogP contribution in [0.15, 0.2) is 54.6 Å². The lowest BCUT2D eigenvalue weighted by atomic mass is 9.90. The van der Waals surface area contributed by atoms with Crippen LogP contribution in [0.1, 0.15) is 22.6 Å². The van der Waals surface area contributed by atoms with Crippen molar-refractivity contribution in [3.05, 3.63) is 71.3 Å². The highest BCUT2D eigenvalue weighted by Gasteiger charge is 2.21. The third kappa shape index (κ3) is 4.18. The molecule has 0 heterocycles. The van der Waals surface area contributed by atoms with E-state index in [0.717, 1.165) is 16.7 Å². The molecule has 0 radical (unpaired) electrons. The lowest BCUT2D eigenvalue weighted by molar-refractivity contribution is -0.121. The maximum atomic E-state index is 12.3. The van der Waals surface area contributed by atoms with Gasteiger partial charge in [-0.3, -0.25) is 15.5 Å². The average molecular weight is 281 g/mol. The van der Waals surface area contributed by atoms with Crippen LogP contribution < -0.4 is 11.1 Å². The van der Waals surface area contributed by atoms with Crippen molar-refractivity contribution < 1.29 is 4.79 Å². The number of nitrogens with one attached hydrogen (secondary N) is 2. The second-order valence-corrected chi connectivity index (χ2v) is 5.06. The van der Waals surface area contributed by atoms with Crippen LogP contribution in [0.4, 0.5) is 0 Å². The van der Waals surface area contributed by atoms with E-state index in [1.807, 2.05) is 61.5 Å². The van der Waals surface area contributed by atoms with Gasteiger partial charge in [-0.15, -0.1) is 0 Å². The molecule has 0 aromatic heterocycles. The van der Waals surface area contributed by atoms with Crippen LogP contribution >= 0.6 is 0 Å². The standard InChI is InChI=1S/C17H19N3O/c1-12-7-9-14(10-8-12)15(16(21)20-17(18)19)11-13-5-3-2-4-6-13/h2-10,15H,11H2,1H3,(H4,18,19,20,21). The fourth-order valence-electron chi connectivity index (χ4n) is 2.23. The van der Waals surface area contributed by atoms with E-state index in [2.05, 4.69) is 5.32 Å². The van der Waals surface area contributed by atoms with E-state index in [1.165, 1.54) is 0 Å². The van der Waals surface area contributed by atoms with Crippen molar-refractivity contribution >= 4 is 11.9 Å². The zero-order chi connectivity index (χ0) is 15.2. The van der Waals surface area contributed by atoms with Gasteiger partial charge in [0.05, 0.1) is 5.92 Å². The van der Waals surface area contributed by atoms with Gasteiger partial charge in [-0.2, -0.15) is 0 Å². The minimum Gasteiger partial charge on any atom is -0.370 e. The molecule has 2 aromatic rings. The van der Waals surface area contributed by atoms with Gasteiger partial charge in [0, 0.05) is 0 Å². The highest BCUT2D eigenvalue weighted by Crippen LogP contribution is 2.22. The average Bonchev–Trinajstić information content (AvgIpc) is 2.46. The molecule has 1 unspecified atom stereocenters. The Kier molecular flexibility index (Phi) is 4.72. The molecule has 0 saturated heterocycles. The summed E-state index contributed by atoms with van der Waals surface area (Å²) >= 11 is 0. The van der Waals surface area contributed by atoms with E-state index in [4.69, 9.17) is 11.1 Å². The topological polar surface area (TPSA) is 79.0 Å². The molecule has 21 heavy (non-hydrogen) atoms. The molecule has 0 aliphatic carbocycles. The van der Waals surface area contributed by atoms with Gasteiger partial charge in [0.2, 0.25) is 5.91 Å². The Morgan fingerprint density at radius 2 is 1.76 bits per heavy atom. The first-order valence-corrected chi connectivity index (χ1v) is 6.81. The molecule has 0 spiro atoms. The van der Waals surface area contributed by atoms with Crippen molar-refractivity contribution in [1.82, 2.24) is 5.32 Å². The molecule has 0 aliphatic rings. The molecule has 1 amide bonds. The monoisotopic (exact) mass is 281 g/mol. The predicted molar refractivity (Wildman–Crippen MR) is 84.1 cm³/mol. The third-order valence-electron chi connectivity index (χ3n) is 3.34. The maximum absolute atomic E-state index is 12.3. The summed E-state index contributed by atoms with van der Waals surface area (Å²) < 4.78 is 0. The normalized spacial score (nSPS) is 11.7. The number of amides is 1. The number of benzene rings is 2. The van der Waals surface area contributed by atoms with E-state index in [-0.39, 0.29) is 17.8 Å². The van der Waals surface area contributed by atoms with Crippen LogP contribution in [0.5, 0.6) is 0 Å². The van der Waals surface area contributed by atoms with Crippen molar-refractivity contribution in [2.24, 2.45) is 5.73 Å². The zero-order valence-corrected chi connectivity index (χ0v) is 12.0. The Morgan fingerprint density at radius 3 is 2.33 bits per heavy atom. The van der Waals surface area contributed by atoms with Gasteiger partial charge >= 0.3 is 0 Å². The van der Waals surface area contributed by atoms with Gasteiger partial charge in [-0.05, 0) is 24.5 Å². The molecule has 4 nitrogen and oxygen atoms in total. The highest BCUT2D eigenvalue weighted by molar-refractivity contribution is 5.98. The molecule has 4 N–H and O–H groups in total. The Bertz CT molecular complexity index is 620. The Labute approximate surface area is 124 Å².